The third-order valence-corrected chi connectivity index (χ3v) is 3.60. The van der Waals surface area contributed by atoms with Gasteiger partial charge >= 0.3 is 0 Å². The number of rotatable bonds is 5. The minimum atomic E-state index is 0.393. The van der Waals surface area contributed by atoms with Crippen molar-refractivity contribution in [1.82, 2.24) is 9.97 Å². The van der Waals surface area contributed by atoms with Gasteiger partial charge in [0.2, 0.25) is 0 Å². The lowest BCUT2D eigenvalue weighted by atomic mass is 10.00. The fraction of sp³-hybridized carbons (Fsp3) is 0.0526. The molecule has 3 N–H and O–H groups in total. The maximum absolute atomic E-state index is 5.99. The fourth-order valence-corrected chi connectivity index (χ4v) is 2.38. The SMILES string of the molecule is C=C(c1ccc(Oc2ccccc2)cc1)c1c(N)ncnc1NC. The van der Waals surface area contributed by atoms with Gasteiger partial charge in [-0.15, -0.1) is 0 Å². The van der Waals surface area contributed by atoms with E-state index in [9.17, 15) is 0 Å². The van der Waals surface area contributed by atoms with Crippen molar-refractivity contribution in [2.45, 2.75) is 0 Å². The maximum Gasteiger partial charge on any atom is 0.139 e. The number of anilines is 2. The molecule has 3 rings (SSSR count). The highest BCUT2D eigenvalue weighted by Gasteiger charge is 2.13. The van der Waals surface area contributed by atoms with E-state index in [4.69, 9.17) is 10.5 Å². The molecule has 0 aliphatic carbocycles. The molecule has 5 heteroatoms. The molecule has 0 aliphatic heterocycles. The second kappa shape index (κ2) is 6.83. The molecule has 0 atom stereocenters. The topological polar surface area (TPSA) is 73.1 Å². The molecule has 1 aromatic heterocycles. The summed E-state index contributed by atoms with van der Waals surface area (Å²) >= 11 is 0. The Balaban J connectivity index is 1.85. The minimum absolute atomic E-state index is 0.393. The molecule has 0 unspecified atom stereocenters. The van der Waals surface area contributed by atoms with Gasteiger partial charge in [-0.1, -0.05) is 36.9 Å². The van der Waals surface area contributed by atoms with E-state index >= 15 is 0 Å². The van der Waals surface area contributed by atoms with Crippen molar-refractivity contribution in [3.05, 3.63) is 78.6 Å². The molecule has 0 radical (unpaired) electrons. The highest BCUT2D eigenvalue weighted by Crippen LogP contribution is 2.31. The quantitative estimate of drug-likeness (QED) is 0.745. The zero-order valence-electron chi connectivity index (χ0n) is 13.4. The number of nitrogens with one attached hydrogen (secondary N) is 1. The van der Waals surface area contributed by atoms with Crippen LogP contribution in [-0.4, -0.2) is 17.0 Å². The Morgan fingerprint density at radius 3 is 2.33 bits per heavy atom. The Kier molecular flexibility index (Phi) is 4.43. The fourth-order valence-electron chi connectivity index (χ4n) is 2.38. The number of para-hydroxylation sites is 1. The summed E-state index contributed by atoms with van der Waals surface area (Å²) in [5, 5.41) is 3.01. The van der Waals surface area contributed by atoms with Crippen LogP contribution in [0, 0.1) is 0 Å². The van der Waals surface area contributed by atoms with E-state index in [0.29, 0.717) is 17.2 Å². The summed E-state index contributed by atoms with van der Waals surface area (Å²) in [6.07, 6.45) is 1.43. The predicted octanol–water partition coefficient (Wildman–Crippen LogP) is 3.95. The van der Waals surface area contributed by atoms with Crippen LogP contribution < -0.4 is 15.8 Å². The van der Waals surface area contributed by atoms with Crippen molar-refractivity contribution in [2.24, 2.45) is 0 Å². The van der Waals surface area contributed by atoms with Crippen LogP contribution in [0.15, 0.2) is 67.5 Å². The van der Waals surface area contributed by atoms with Crippen LogP contribution in [0.25, 0.3) is 5.57 Å². The first-order chi connectivity index (χ1) is 11.7. The normalized spacial score (nSPS) is 10.2. The van der Waals surface area contributed by atoms with Crippen LogP contribution in [0.4, 0.5) is 11.6 Å². The van der Waals surface area contributed by atoms with Crippen LogP contribution in [0.1, 0.15) is 11.1 Å². The summed E-state index contributed by atoms with van der Waals surface area (Å²) in [5.74, 6) is 2.59. The second-order valence-electron chi connectivity index (χ2n) is 5.15. The van der Waals surface area contributed by atoms with Gasteiger partial charge in [-0.25, -0.2) is 9.97 Å². The van der Waals surface area contributed by atoms with E-state index in [1.165, 1.54) is 6.33 Å². The molecular weight excluding hydrogens is 300 g/mol. The number of ether oxygens (including phenoxy) is 1. The van der Waals surface area contributed by atoms with Crippen LogP contribution in [0.3, 0.4) is 0 Å². The van der Waals surface area contributed by atoms with Gasteiger partial charge in [0.15, 0.2) is 0 Å². The molecule has 0 saturated heterocycles. The molecular formula is C19H18N4O. The first kappa shape index (κ1) is 15.6. The lowest BCUT2D eigenvalue weighted by molar-refractivity contribution is 0.482. The molecule has 0 aliphatic rings. The monoisotopic (exact) mass is 318 g/mol. The van der Waals surface area contributed by atoms with Crippen LogP contribution in [0.2, 0.25) is 0 Å². The average molecular weight is 318 g/mol. The van der Waals surface area contributed by atoms with Gasteiger partial charge < -0.3 is 15.8 Å². The number of hydrogen-bond acceptors (Lipinski definition) is 5. The molecule has 0 saturated carbocycles. The summed E-state index contributed by atoms with van der Waals surface area (Å²) in [5.41, 5.74) is 8.37. The van der Waals surface area contributed by atoms with Crippen molar-refractivity contribution in [3.8, 4) is 11.5 Å². The Morgan fingerprint density at radius 2 is 1.67 bits per heavy atom. The van der Waals surface area contributed by atoms with E-state index in [0.717, 1.165) is 22.6 Å². The lowest BCUT2D eigenvalue weighted by Gasteiger charge is -2.13. The van der Waals surface area contributed by atoms with E-state index < -0.39 is 0 Å². The molecule has 120 valence electrons. The average Bonchev–Trinajstić information content (AvgIpc) is 2.62. The maximum atomic E-state index is 5.99. The first-order valence-corrected chi connectivity index (χ1v) is 7.50. The zero-order chi connectivity index (χ0) is 16.9. The second-order valence-corrected chi connectivity index (χ2v) is 5.15. The molecule has 5 nitrogen and oxygen atoms in total. The largest absolute Gasteiger partial charge is 0.457 e. The molecule has 0 bridgehead atoms. The van der Waals surface area contributed by atoms with Crippen molar-refractivity contribution >= 4 is 17.2 Å². The molecule has 3 aromatic rings. The molecule has 0 spiro atoms. The summed E-state index contributed by atoms with van der Waals surface area (Å²) in [7, 11) is 1.79. The van der Waals surface area contributed by atoms with Crippen molar-refractivity contribution in [3.63, 3.8) is 0 Å². The Morgan fingerprint density at radius 1 is 1.00 bits per heavy atom. The van der Waals surface area contributed by atoms with Gasteiger partial charge in [0.05, 0.1) is 5.56 Å². The number of nitrogen functional groups attached to an aromatic ring is 1. The lowest BCUT2D eigenvalue weighted by Crippen LogP contribution is -2.05. The van der Waals surface area contributed by atoms with E-state index in [1.807, 2.05) is 54.6 Å². The van der Waals surface area contributed by atoms with E-state index in [1.54, 1.807) is 7.05 Å². The van der Waals surface area contributed by atoms with Crippen molar-refractivity contribution in [1.29, 1.82) is 0 Å². The van der Waals surface area contributed by atoms with Gasteiger partial charge in [0.25, 0.3) is 0 Å². The number of nitrogens with zero attached hydrogens (tertiary/aromatic N) is 2. The first-order valence-electron chi connectivity index (χ1n) is 7.50. The van der Waals surface area contributed by atoms with E-state index in [-0.39, 0.29) is 0 Å². The number of aromatic nitrogens is 2. The van der Waals surface area contributed by atoms with Gasteiger partial charge in [0.1, 0.15) is 29.5 Å². The van der Waals surface area contributed by atoms with Gasteiger partial charge in [-0.05, 0) is 35.4 Å². The third kappa shape index (κ3) is 3.20. The predicted molar refractivity (Wildman–Crippen MR) is 97.1 cm³/mol. The Labute approximate surface area is 140 Å². The molecule has 2 aromatic carbocycles. The highest BCUT2D eigenvalue weighted by molar-refractivity contribution is 5.88. The van der Waals surface area contributed by atoms with Crippen molar-refractivity contribution < 1.29 is 4.74 Å². The smallest absolute Gasteiger partial charge is 0.139 e. The van der Waals surface area contributed by atoms with Gasteiger partial charge in [-0.3, -0.25) is 0 Å². The summed E-state index contributed by atoms with van der Waals surface area (Å²) in [6.45, 7) is 4.14. The van der Waals surface area contributed by atoms with Crippen LogP contribution in [0.5, 0.6) is 11.5 Å². The Bertz CT molecular complexity index is 845. The number of hydrogen-bond donors (Lipinski definition) is 2. The molecule has 24 heavy (non-hydrogen) atoms. The van der Waals surface area contributed by atoms with E-state index in [2.05, 4.69) is 21.9 Å². The molecule has 1 heterocycles. The summed E-state index contributed by atoms with van der Waals surface area (Å²) in [6, 6.07) is 17.3. The van der Waals surface area contributed by atoms with Gasteiger partial charge in [-0.2, -0.15) is 0 Å². The third-order valence-electron chi connectivity index (χ3n) is 3.60. The summed E-state index contributed by atoms with van der Waals surface area (Å²) < 4.78 is 5.80. The zero-order valence-corrected chi connectivity index (χ0v) is 13.4. The van der Waals surface area contributed by atoms with Gasteiger partial charge in [0, 0.05) is 7.05 Å². The highest BCUT2D eigenvalue weighted by atomic mass is 16.5. The minimum Gasteiger partial charge on any atom is -0.457 e. The summed E-state index contributed by atoms with van der Waals surface area (Å²) in [4.78, 5) is 8.24. The molecule has 0 fully saturated rings. The molecule has 0 amide bonds. The number of benzene rings is 2. The van der Waals surface area contributed by atoms with Crippen molar-refractivity contribution in [2.75, 3.05) is 18.1 Å². The van der Waals surface area contributed by atoms with Crippen LogP contribution >= 0.6 is 0 Å². The van der Waals surface area contributed by atoms with Crippen LogP contribution in [-0.2, 0) is 0 Å². The Hall–Kier alpha value is -3.34. The standard InChI is InChI=1S/C19H18N4O/c1-13(17-18(20)22-12-23-19(17)21-2)14-8-10-16(11-9-14)24-15-6-4-3-5-7-15/h3-12H,1H2,2H3,(H3,20,21,22,23). The number of nitrogens with two attached hydrogens (primary N) is 1.